The molecule has 3 heterocycles. The van der Waals surface area contributed by atoms with Crippen molar-refractivity contribution in [3.63, 3.8) is 0 Å². The maximum Gasteiger partial charge on any atom is 0.280 e. The molecule has 0 aromatic carbocycles. The maximum atomic E-state index is 12.5. The van der Waals surface area contributed by atoms with Crippen LogP contribution in [0, 0.1) is 0 Å². The molecule has 8 nitrogen and oxygen atoms in total. The molecule has 3 rings (SSSR count). The molecule has 3 aromatic heterocycles. The molecule has 0 aliphatic carbocycles. The van der Waals surface area contributed by atoms with Crippen molar-refractivity contribution in [3.05, 3.63) is 48.0 Å². The third-order valence-corrected chi connectivity index (χ3v) is 3.77. The van der Waals surface area contributed by atoms with Gasteiger partial charge >= 0.3 is 0 Å². The fraction of sp³-hybridized carbons (Fsp3) is 0.235. The Labute approximate surface area is 153 Å². The highest BCUT2D eigenvalue weighted by Gasteiger charge is 2.18. The summed E-state index contributed by atoms with van der Waals surface area (Å²) in [6, 6.07) is 4.51. The van der Waals surface area contributed by atoms with E-state index in [0.717, 1.165) is 0 Å². The highest BCUT2D eigenvalue weighted by atomic mass is 19.3. The molecular formula is C17H16F2N6O2. The molecule has 0 radical (unpaired) electrons. The highest BCUT2D eigenvalue weighted by molar-refractivity contribution is 5.92. The lowest BCUT2D eigenvalue weighted by Crippen LogP contribution is -2.13. The quantitative estimate of drug-likeness (QED) is 0.659. The van der Waals surface area contributed by atoms with Crippen LogP contribution in [0.1, 0.15) is 24.1 Å². The summed E-state index contributed by atoms with van der Waals surface area (Å²) < 4.78 is 30.3. The topological polar surface area (TPSA) is 106 Å². The number of nitrogens with zero attached hydrogens (tertiary/aromatic N) is 4. The summed E-state index contributed by atoms with van der Waals surface area (Å²) >= 11 is 0. The third-order valence-electron chi connectivity index (χ3n) is 3.77. The number of amides is 1. The van der Waals surface area contributed by atoms with Crippen LogP contribution in [-0.2, 0) is 11.2 Å². The van der Waals surface area contributed by atoms with Crippen molar-refractivity contribution >= 4 is 11.7 Å². The zero-order valence-electron chi connectivity index (χ0n) is 14.3. The van der Waals surface area contributed by atoms with Crippen molar-refractivity contribution in [1.82, 2.24) is 25.4 Å². The second-order valence-electron chi connectivity index (χ2n) is 5.55. The Balaban J connectivity index is 1.63. The summed E-state index contributed by atoms with van der Waals surface area (Å²) in [7, 11) is 1.47. The van der Waals surface area contributed by atoms with E-state index in [4.69, 9.17) is 4.74 Å². The second-order valence-corrected chi connectivity index (χ2v) is 5.55. The molecule has 140 valence electrons. The average Bonchev–Trinajstić information content (AvgIpc) is 3.09. The molecule has 0 unspecified atom stereocenters. The lowest BCUT2D eigenvalue weighted by molar-refractivity contribution is -0.116. The first kappa shape index (κ1) is 18.4. The number of anilines is 1. The van der Waals surface area contributed by atoms with Gasteiger partial charge < -0.3 is 10.1 Å². The number of carbonyl (C=O) groups is 1. The molecule has 2 N–H and O–H groups in total. The SMILES string of the molecule is COc1c(NC(=O)CCc2ccc(C(F)F)nc2)n[nH]c1-c1ccnnc1. The number of aromatic amines is 1. The fourth-order valence-corrected chi connectivity index (χ4v) is 2.41. The minimum absolute atomic E-state index is 0.137. The molecule has 0 aliphatic heterocycles. The van der Waals surface area contributed by atoms with Crippen molar-refractivity contribution in [2.45, 2.75) is 19.3 Å². The van der Waals surface area contributed by atoms with Crippen molar-refractivity contribution in [3.8, 4) is 17.0 Å². The number of nitrogens with one attached hydrogen (secondary N) is 2. The van der Waals surface area contributed by atoms with Gasteiger partial charge in [-0.2, -0.15) is 15.3 Å². The molecule has 0 bridgehead atoms. The summed E-state index contributed by atoms with van der Waals surface area (Å²) in [6.07, 6.45) is 2.30. The number of hydrogen-bond acceptors (Lipinski definition) is 6. The van der Waals surface area contributed by atoms with Gasteiger partial charge in [0.15, 0.2) is 11.6 Å². The number of alkyl halides is 2. The number of aromatic nitrogens is 5. The average molecular weight is 374 g/mol. The Kier molecular flexibility index (Phi) is 5.64. The van der Waals surface area contributed by atoms with E-state index in [9.17, 15) is 13.6 Å². The van der Waals surface area contributed by atoms with Gasteiger partial charge in [-0.25, -0.2) is 8.78 Å². The van der Waals surface area contributed by atoms with Gasteiger partial charge in [0.05, 0.1) is 19.5 Å². The van der Waals surface area contributed by atoms with Crippen LogP contribution in [0.2, 0.25) is 0 Å². The van der Waals surface area contributed by atoms with E-state index in [0.29, 0.717) is 29.0 Å². The number of hydrogen-bond donors (Lipinski definition) is 2. The third kappa shape index (κ3) is 4.40. The zero-order valence-corrected chi connectivity index (χ0v) is 14.3. The van der Waals surface area contributed by atoms with Gasteiger partial charge in [-0.15, -0.1) is 0 Å². The minimum atomic E-state index is -2.61. The van der Waals surface area contributed by atoms with E-state index in [2.05, 4.69) is 30.7 Å². The lowest BCUT2D eigenvalue weighted by atomic mass is 10.1. The molecule has 0 aliphatic rings. The number of halogens is 2. The highest BCUT2D eigenvalue weighted by Crippen LogP contribution is 2.33. The predicted molar refractivity (Wildman–Crippen MR) is 92.3 cm³/mol. The summed E-state index contributed by atoms with van der Waals surface area (Å²) in [5.41, 5.74) is 1.67. The lowest BCUT2D eigenvalue weighted by Gasteiger charge is -2.06. The molecule has 0 saturated heterocycles. The van der Waals surface area contributed by atoms with Gasteiger partial charge in [-0.1, -0.05) is 6.07 Å². The fourth-order valence-electron chi connectivity index (χ4n) is 2.41. The summed E-state index contributed by atoms with van der Waals surface area (Å²) in [5.74, 6) is 0.330. The molecule has 0 atom stereocenters. The Bertz CT molecular complexity index is 900. The molecule has 27 heavy (non-hydrogen) atoms. The zero-order chi connectivity index (χ0) is 19.2. The number of pyridine rings is 1. The van der Waals surface area contributed by atoms with Gasteiger partial charge in [0, 0.05) is 18.2 Å². The molecule has 10 heteroatoms. The molecule has 0 fully saturated rings. The van der Waals surface area contributed by atoms with E-state index < -0.39 is 6.43 Å². The number of aryl methyl sites for hydroxylation is 1. The van der Waals surface area contributed by atoms with Crippen LogP contribution in [0.15, 0.2) is 36.8 Å². The molecule has 1 amide bonds. The van der Waals surface area contributed by atoms with Crippen LogP contribution in [0.3, 0.4) is 0 Å². The smallest absolute Gasteiger partial charge is 0.280 e. The Morgan fingerprint density at radius 2 is 2.11 bits per heavy atom. The molecule has 0 spiro atoms. The van der Waals surface area contributed by atoms with Gasteiger partial charge in [-0.05, 0) is 24.1 Å². The summed E-state index contributed by atoms with van der Waals surface area (Å²) in [5, 5.41) is 17.0. The normalized spacial score (nSPS) is 10.8. The second kappa shape index (κ2) is 8.30. The Hall–Kier alpha value is -3.43. The first-order chi connectivity index (χ1) is 13.1. The number of carbonyl (C=O) groups excluding carboxylic acids is 1. The number of methoxy groups -OCH3 is 1. The van der Waals surface area contributed by atoms with Gasteiger partial charge in [0.1, 0.15) is 11.4 Å². The molecule has 3 aromatic rings. The van der Waals surface area contributed by atoms with Gasteiger partial charge in [-0.3, -0.25) is 14.9 Å². The van der Waals surface area contributed by atoms with E-state index in [1.54, 1.807) is 6.07 Å². The predicted octanol–water partition coefficient (Wildman–Crippen LogP) is 2.78. The largest absolute Gasteiger partial charge is 0.491 e. The maximum absolute atomic E-state index is 12.5. The van der Waals surface area contributed by atoms with Crippen molar-refractivity contribution in [1.29, 1.82) is 0 Å². The summed E-state index contributed by atoms with van der Waals surface area (Å²) in [6.45, 7) is 0. The number of ether oxygens (including phenoxy) is 1. The first-order valence-electron chi connectivity index (χ1n) is 8.00. The number of H-pyrrole nitrogens is 1. The van der Waals surface area contributed by atoms with Crippen molar-refractivity contribution in [2.75, 3.05) is 12.4 Å². The summed E-state index contributed by atoms with van der Waals surface area (Å²) in [4.78, 5) is 15.9. The van der Waals surface area contributed by atoms with Crippen LogP contribution < -0.4 is 10.1 Å². The number of rotatable bonds is 7. The van der Waals surface area contributed by atoms with Crippen LogP contribution in [-0.4, -0.2) is 38.4 Å². The van der Waals surface area contributed by atoms with Crippen LogP contribution in [0.5, 0.6) is 5.75 Å². The Morgan fingerprint density at radius 3 is 2.74 bits per heavy atom. The van der Waals surface area contributed by atoms with Crippen LogP contribution in [0.25, 0.3) is 11.3 Å². The van der Waals surface area contributed by atoms with Gasteiger partial charge in [0.25, 0.3) is 6.43 Å². The monoisotopic (exact) mass is 374 g/mol. The van der Waals surface area contributed by atoms with E-state index in [1.807, 2.05) is 0 Å². The van der Waals surface area contributed by atoms with E-state index in [-0.39, 0.29) is 23.8 Å². The van der Waals surface area contributed by atoms with Crippen LogP contribution >= 0.6 is 0 Å². The van der Waals surface area contributed by atoms with Crippen molar-refractivity contribution in [2.24, 2.45) is 0 Å². The first-order valence-corrected chi connectivity index (χ1v) is 8.00. The minimum Gasteiger partial charge on any atom is -0.491 e. The molecular weight excluding hydrogens is 358 g/mol. The van der Waals surface area contributed by atoms with Crippen LogP contribution in [0.4, 0.5) is 14.6 Å². The van der Waals surface area contributed by atoms with Gasteiger partial charge in [0.2, 0.25) is 5.91 Å². The Morgan fingerprint density at radius 1 is 1.26 bits per heavy atom. The van der Waals surface area contributed by atoms with E-state index in [1.165, 1.54) is 37.8 Å². The van der Waals surface area contributed by atoms with E-state index >= 15 is 0 Å². The standard InChI is InChI=1S/C17H16F2N6O2/c1-27-15-14(11-6-7-21-22-9-11)24-25-17(15)23-13(26)5-3-10-2-4-12(16(18)19)20-8-10/h2,4,6-9,16H,3,5H2,1H3,(H2,23,24,25,26). The molecule has 0 saturated carbocycles. The van der Waals surface area contributed by atoms with Crippen molar-refractivity contribution < 1.29 is 18.3 Å².